The van der Waals surface area contributed by atoms with E-state index >= 15 is 0 Å². The van der Waals surface area contributed by atoms with E-state index in [1.807, 2.05) is 0 Å². The van der Waals surface area contributed by atoms with Gasteiger partial charge < -0.3 is 14.3 Å². The average Bonchev–Trinajstić information content (AvgIpc) is 3.06. The molecule has 0 aliphatic heterocycles. The van der Waals surface area contributed by atoms with Gasteiger partial charge in [-0.25, -0.2) is 18.4 Å². The normalized spacial score (nSPS) is 11.7. The summed E-state index contributed by atoms with van der Waals surface area (Å²) in [5.41, 5.74) is 1.50. The van der Waals surface area contributed by atoms with Crippen LogP contribution in [0.25, 0.3) is 22.0 Å². The van der Waals surface area contributed by atoms with Gasteiger partial charge in [-0.3, -0.25) is 4.79 Å². The fourth-order valence-corrected chi connectivity index (χ4v) is 4.12. The third-order valence-electron chi connectivity index (χ3n) is 4.65. The molecule has 0 bridgehead atoms. The zero-order valence-corrected chi connectivity index (χ0v) is 16.6. The number of hydrogen-bond acceptors (Lipinski definition) is 6. The molecular weight excluding hydrogens is 392 g/mol. The Kier molecular flexibility index (Phi) is 4.67. The van der Waals surface area contributed by atoms with E-state index in [9.17, 15) is 13.2 Å². The lowest BCUT2D eigenvalue weighted by molar-refractivity contribution is 0.478. The quantitative estimate of drug-likeness (QED) is 0.542. The molecule has 0 spiro atoms. The molecule has 0 atom stereocenters. The smallest absolute Gasteiger partial charge is 0.272 e. The second-order valence-corrected chi connectivity index (χ2v) is 8.74. The third-order valence-corrected chi connectivity index (χ3v) is 6.38. The molecule has 1 N–H and O–H groups in total. The Labute approximate surface area is 166 Å². The first kappa shape index (κ1) is 18.9. The van der Waals surface area contributed by atoms with Gasteiger partial charge in [0.05, 0.1) is 23.0 Å². The predicted octanol–water partition coefficient (Wildman–Crippen LogP) is 2.91. The molecule has 1 aromatic carbocycles. The molecule has 0 fully saturated rings. The van der Waals surface area contributed by atoms with Crippen LogP contribution in [0.3, 0.4) is 0 Å². The highest BCUT2D eigenvalue weighted by Gasteiger charge is 2.20. The van der Waals surface area contributed by atoms with Crippen LogP contribution in [0.4, 0.5) is 0 Å². The van der Waals surface area contributed by atoms with Crippen molar-refractivity contribution in [2.24, 2.45) is 7.05 Å². The van der Waals surface area contributed by atoms with E-state index < -0.39 is 9.84 Å². The second kappa shape index (κ2) is 7.17. The Morgan fingerprint density at radius 1 is 1.14 bits per heavy atom. The number of aromatic amines is 1. The monoisotopic (exact) mass is 410 g/mol. The van der Waals surface area contributed by atoms with Gasteiger partial charge in [-0.15, -0.1) is 0 Å². The van der Waals surface area contributed by atoms with E-state index in [2.05, 4.69) is 15.0 Å². The Bertz CT molecular complexity index is 1360. The van der Waals surface area contributed by atoms with Crippen molar-refractivity contribution in [3.05, 3.63) is 65.7 Å². The van der Waals surface area contributed by atoms with Gasteiger partial charge in [0.2, 0.25) is 0 Å². The van der Waals surface area contributed by atoms with Crippen LogP contribution < -0.4 is 10.3 Å². The van der Waals surface area contributed by atoms with Crippen LogP contribution in [0.15, 0.2) is 65.1 Å². The van der Waals surface area contributed by atoms with Crippen molar-refractivity contribution in [2.45, 2.75) is 11.8 Å². The van der Waals surface area contributed by atoms with Gasteiger partial charge in [-0.1, -0.05) is 6.92 Å². The van der Waals surface area contributed by atoms with Crippen molar-refractivity contribution < 1.29 is 13.2 Å². The molecule has 0 aliphatic carbocycles. The molecule has 0 saturated heterocycles. The lowest BCUT2D eigenvalue weighted by atomic mass is 10.0. The standard InChI is InChI=1S/C20H18N4O4S/c1-3-29(26,27)14-4-5-18(28-13-9-21-12-22-10-13)16(8-14)17-11-24(2)19-15(17)6-7-23-20(19)25/h4-12H,3H2,1-2H3,(H,23,25). The van der Waals surface area contributed by atoms with Crippen molar-refractivity contribution in [3.63, 3.8) is 0 Å². The number of sulfone groups is 1. The Balaban J connectivity index is 1.98. The highest BCUT2D eigenvalue weighted by Crippen LogP contribution is 2.38. The number of nitrogens with zero attached hydrogens (tertiary/aromatic N) is 3. The molecule has 9 heteroatoms. The molecule has 4 rings (SSSR count). The van der Waals surface area contributed by atoms with Gasteiger partial charge in [0.1, 0.15) is 17.6 Å². The van der Waals surface area contributed by atoms with Crippen molar-refractivity contribution >= 4 is 20.7 Å². The summed E-state index contributed by atoms with van der Waals surface area (Å²) in [6, 6.07) is 6.48. The van der Waals surface area contributed by atoms with Crippen molar-refractivity contribution in [1.82, 2.24) is 19.5 Å². The molecule has 148 valence electrons. The number of benzene rings is 1. The zero-order chi connectivity index (χ0) is 20.6. The SMILES string of the molecule is CCS(=O)(=O)c1ccc(Oc2cncnc2)c(-c2cn(C)c3c(=O)[nH]ccc23)c1. The number of aromatic nitrogens is 4. The van der Waals surface area contributed by atoms with E-state index in [1.54, 1.807) is 49.1 Å². The van der Waals surface area contributed by atoms with Crippen LogP contribution >= 0.6 is 0 Å². The summed E-state index contributed by atoms with van der Waals surface area (Å²) in [5, 5.41) is 0.691. The minimum Gasteiger partial charge on any atom is -0.453 e. The first-order valence-corrected chi connectivity index (χ1v) is 10.5. The van der Waals surface area contributed by atoms with Crippen LogP contribution in [0.1, 0.15) is 6.92 Å². The number of pyridine rings is 1. The maximum Gasteiger partial charge on any atom is 0.272 e. The van der Waals surface area contributed by atoms with Crippen LogP contribution in [0.2, 0.25) is 0 Å². The van der Waals surface area contributed by atoms with Gasteiger partial charge in [0.25, 0.3) is 5.56 Å². The van der Waals surface area contributed by atoms with Crippen molar-refractivity contribution in [1.29, 1.82) is 0 Å². The summed E-state index contributed by atoms with van der Waals surface area (Å²) >= 11 is 0. The Morgan fingerprint density at radius 2 is 1.90 bits per heavy atom. The fraction of sp³-hybridized carbons (Fsp3) is 0.150. The topological polar surface area (TPSA) is 107 Å². The van der Waals surface area contributed by atoms with Gasteiger partial charge >= 0.3 is 0 Å². The molecule has 4 aromatic rings. The first-order valence-electron chi connectivity index (χ1n) is 8.87. The summed E-state index contributed by atoms with van der Waals surface area (Å²) in [6.07, 6.45) is 7.77. The number of H-pyrrole nitrogens is 1. The van der Waals surface area contributed by atoms with E-state index in [-0.39, 0.29) is 16.2 Å². The molecule has 3 heterocycles. The highest BCUT2D eigenvalue weighted by atomic mass is 32.2. The third kappa shape index (κ3) is 3.40. The maximum absolute atomic E-state index is 12.5. The maximum atomic E-state index is 12.5. The largest absolute Gasteiger partial charge is 0.453 e. The number of rotatable bonds is 5. The molecule has 0 amide bonds. The summed E-state index contributed by atoms with van der Waals surface area (Å²) in [6.45, 7) is 1.60. The number of fused-ring (bicyclic) bond motifs is 1. The van der Waals surface area contributed by atoms with Crippen LogP contribution in [-0.2, 0) is 16.9 Å². The number of hydrogen-bond donors (Lipinski definition) is 1. The summed E-state index contributed by atoms with van der Waals surface area (Å²) in [7, 11) is -1.66. The van der Waals surface area contributed by atoms with Gasteiger partial charge in [-0.2, -0.15) is 0 Å². The number of aryl methyl sites for hydroxylation is 1. The lowest BCUT2D eigenvalue weighted by Gasteiger charge is -2.12. The average molecular weight is 410 g/mol. The molecule has 0 aliphatic rings. The molecule has 29 heavy (non-hydrogen) atoms. The van der Waals surface area contributed by atoms with E-state index in [0.29, 0.717) is 33.5 Å². The van der Waals surface area contributed by atoms with E-state index in [0.717, 1.165) is 0 Å². The van der Waals surface area contributed by atoms with Gasteiger partial charge in [0.15, 0.2) is 15.6 Å². The number of ether oxygens (including phenoxy) is 1. The number of nitrogens with one attached hydrogen (secondary N) is 1. The van der Waals surface area contributed by atoms with Crippen molar-refractivity contribution in [2.75, 3.05) is 5.75 Å². The summed E-state index contributed by atoms with van der Waals surface area (Å²) in [5.74, 6) is 0.828. The van der Waals surface area contributed by atoms with Crippen LogP contribution in [0.5, 0.6) is 11.5 Å². The molecule has 0 saturated carbocycles. The van der Waals surface area contributed by atoms with E-state index in [4.69, 9.17) is 4.74 Å². The van der Waals surface area contributed by atoms with E-state index in [1.165, 1.54) is 24.8 Å². The molecule has 8 nitrogen and oxygen atoms in total. The molecular formula is C20H18N4O4S. The minimum atomic E-state index is -3.43. The summed E-state index contributed by atoms with van der Waals surface area (Å²) < 4.78 is 32.6. The Hall–Kier alpha value is -3.46. The van der Waals surface area contributed by atoms with Crippen molar-refractivity contribution in [3.8, 4) is 22.6 Å². The Morgan fingerprint density at radius 3 is 2.62 bits per heavy atom. The molecule has 3 aromatic heterocycles. The summed E-state index contributed by atoms with van der Waals surface area (Å²) in [4.78, 5) is 23.0. The fourth-order valence-electron chi connectivity index (χ4n) is 3.21. The molecule has 0 unspecified atom stereocenters. The minimum absolute atomic E-state index is 0.0195. The zero-order valence-electron chi connectivity index (χ0n) is 15.8. The van der Waals surface area contributed by atoms with Crippen LogP contribution in [0, 0.1) is 0 Å². The second-order valence-electron chi connectivity index (χ2n) is 6.46. The molecule has 0 radical (unpaired) electrons. The van der Waals surface area contributed by atoms with Gasteiger partial charge in [-0.05, 0) is 24.3 Å². The predicted molar refractivity (Wildman–Crippen MR) is 109 cm³/mol. The highest BCUT2D eigenvalue weighted by molar-refractivity contribution is 7.91. The lowest BCUT2D eigenvalue weighted by Crippen LogP contribution is -2.07. The van der Waals surface area contributed by atoms with Gasteiger partial charge in [0, 0.05) is 36.0 Å². The van der Waals surface area contributed by atoms with Crippen LogP contribution in [-0.4, -0.2) is 33.7 Å². The first-order chi connectivity index (χ1) is 13.9.